The summed E-state index contributed by atoms with van der Waals surface area (Å²) >= 11 is 0. The molecule has 44 valence electrons. The van der Waals surface area contributed by atoms with E-state index in [4.69, 9.17) is 4.74 Å². The van der Waals surface area contributed by atoms with Crippen molar-refractivity contribution in [3.63, 3.8) is 0 Å². The number of carbonyl (C=O) groups is 1. The van der Waals surface area contributed by atoms with E-state index in [0.717, 1.165) is 13.0 Å². The topological polar surface area (TPSA) is 38.3 Å². The molecule has 2 rings (SSSR count). The van der Waals surface area contributed by atoms with Gasteiger partial charge in [0, 0.05) is 0 Å². The van der Waals surface area contributed by atoms with Gasteiger partial charge in [0.15, 0.2) is 0 Å². The molecule has 0 aromatic heterocycles. The Morgan fingerprint density at radius 2 is 2.62 bits per heavy atom. The second-order valence-electron chi connectivity index (χ2n) is 2.20. The van der Waals surface area contributed by atoms with Gasteiger partial charge in [-0.05, 0) is 6.42 Å². The van der Waals surface area contributed by atoms with Crippen molar-refractivity contribution in [1.29, 1.82) is 0 Å². The van der Waals surface area contributed by atoms with Gasteiger partial charge < -0.3 is 10.1 Å². The quantitative estimate of drug-likeness (QED) is 0.429. The van der Waals surface area contributed by atoms with Crippen molar-refractivity contribution in [2.24, 2.45) is 5.92 Å². The summed E-state index contributed by atoms with van der Waals surface area (Å²) in [5.74, 6) is 0.350. The molecule has 1 amide bonds. The molecule has 0 aliphatic carbocycles. The predicted octanol–water partition coefficient (Wildman–Crippen LogP) is -0.521. The molecule has 2 unspecified atom stereocenters. The van der Waals surface area contributed by atoms with E-state index in [1.54, 1.807) is 0 Å². The second-order valence-corrected chi connectivity index (χ2v) is 2.20. The zero-order valence-electron chi connectivity index (χ0n) is 4.39. The van der Waals surface area contributed by atoms with Crippen LogP contribution in [0.25, 0.3) is 0 Å². The van der Waals surface area contributed by atoms with Gasteiger partial charge in [-0.2, -0.15) is 0 Å². The number of amides is 1. The Labute approximate surface area is 47.0 Å². The van der Waals surface area contributed by atoms with E-state index < -0.39 is 0 Å². The van der Waals surface area contributed by atoms with Crippen LogP contribution in [-0.4, -0.2) is 18.7 Å². The van der Waals surface area contributed by atoms with Crippen LogP contribution in [0.5, 0.6) is 0 Å². The van der Waals surface area contributed by atoms with Crippen molar-refractivity contribution < 1.29 is 9.53 Å². The number of rotatable bonds is 0. The van der Waals surface area contributed by atoms with Crippen molar-refractivity contribution in [2.75, 3.05) is 6.61 Å². The molecule has 2 saturated heterocycles. The molecule has 0 radical (unpaired) electrons. The van der Waals surface area contributed by atoms with Crippen LogP contribution in [0.3, 0.4) is 0 Å². The minimum Gasteiger partial charge on any atom is -0.358 e. The average molecular weight is 113 g/mol. The molecule has 2 aliphatic rings. The third-order valence-corrected chi connectivity index (χ3v) is 1.71. The first-order valence-corrected chi connectivity index (χ1v) is 2.80. The fourth-order valence-electron chi connectivity index (χ4n) is 1.15. The van der Waals surface area contributed by atoms with Gasteiger partial charge in [-0.25, -0.2) is 0 Å². The molecule has 1 N–H and O–H groups in total. The predicted molar refractivity (Wildman–Crippen MR) is 26.0 cm³/mol. The van der Waals surface area contributed by atoms with Gasteiger partial charge >= 0.3 is 0 Å². The smallest absolute Gasteiger partial charge is 0.229 e. The van der Waals surface area contributed by atoms with Gasteiger partial charge in [-0.15, -0.1) is 0 Å². The van der Waals surface area contributed by atoms with Crippen LogP contribution in [0.4, 0.5) is 0 Å². The van der Waals surface area contributed by atoms with Gasteiger partial charge in [0.25, 0.3) is 0 Å². The molecule has 0 aromatic carbocycles. The summed E-state index contributed by atoms with van der Waals surface area (Å²) in [7, 11) is 0. The molecule has 8 heavy (non-hydrogen) atoms. The van der Waals surface area contributed by atoms with Crippen LogP contribution in [0.2, 0.25) is 0 Å². The zero-order valence-corrected chi connectivity index (χ0v) is 4.39. The van der Waals surface area contributed by atoms with E-state index in [2.05, 4.69) is 5.32 Å². The number of nitrogens with one attached hydrogen (secondary N) is 1. The highest BCUT2D eigenvalue weighted by Crippen LogP contribution is 2.25. The maximum Gasteiger partial charge on any atom is 0.229 e. The van der Waals surface area contributed by atoms with Gasteiger partial charge in [0.2, 0.25) is 5.91 Å². The number of carbonyl (C=O) groups excluding carboxylic acids is 1. The molecule has 2 heterocycles. The third kappa shape index (κ3) is 0.351. The largest absolute Gasteiger partial charge is 0.358 e. The summed E-state index contributed by atoms with van der Waals surface area (Å²) < 4.78 is 5.09. The monoisotopic (exact) mass is 113 g/mol. The van der Waals surface area contributed by atoms with Crippen molar-refractivity contribution in [1.82, 2.24) is 5.32 Å². The summed E-state index contributed by atoms with van der Waals surface area (Å²) in [6.45, 7) is 0.744. The molecule has 3 heteroatoms. The Hall–Kier alpha value is -0.570. The summed E-state index contributed by atoms with van der Waals surface area (Å²) in [6, 6.07) is 0. The Morgan fingerprint density at radius 1 is 1.75 bits per heavy atom. The lowest BCUT2D eigenvalue weighted by molar-refractivity contribution is -0.142. The molecular formula is C5H7NO2. The Kier molecular flexibility index (Phi) is 0.663. The molecule has 0 saturated carbocycles. The number of fused-ring (bicyclic) bond motifs is 1. The lowest BCUT2D eigenvalue weighted by Crippen LogP contribution is -2.55. The number of β-lactam (4-membered cyclic amide) rings is 1. The van der Waals surface area contributed by atoms with Gasteiger partial charge in [-0.1, -0.05) is 0 Å². The van der Waals surface area contributed by atoms with Crippen molar-refractivity contribution in [3.8, 4) is 0 Å². The molecular weight excluding hydrogens is 106 g/mol. The van der Waals surface area contributed by atoms with Gasteiger partial charge in [0.1, 0.15) is 6.23 Å². The van der Waals surface area contributed by atoms with Gasteiger partial charge in [0.05, 0.1) is 12.5 Å². The highest BCUT2D eigenvalue weighted by Gasteiger charge is 2.43. The van der Waals surface area contributed by atoms with E-state index in [9.17, 15) is 4.79 Å². The summed E-state index contributed by atoms with van der Waals surface area (Å²) in [5.41, 5.74) is 0. The molecule has 0 bridgehead atoms. The molecule has 0 aromatic rings. The minimum atomic E-state index is 0.0718. The summed E-state index contributed by atoms with van der Waals surface area (Å²) in [5, 5.41) is 2.64. The zero-order chi connectivity index (χ0) is 5.56. The van der Waals surface area contributed by atoms with Gasteiger partial charge in [-0.3, -0.25) is 4.79 Å². The Balaban J connectivity index is 2.11. The molecule has 2 atom stereocenters. The van der Waals surface area contributed by atoms with Crippen LogP contribution >= 0.6 is 0 Å². The van der Waals surface area contributed by atoms with E-state index >= 15 is 0 Å². The molecule has 2 fully saturated rings. The summed E-state index contributed by atoms with van der Waals surface area (Å²) in [6.07, 6.45) is 0.985. The van der Waals surface area contributed by atoms with Crippen LogP contribution < -0.4 is 5.32 Å². The number of ether oxygens (including phenoxy) is 1. The molecule has 3 nitrogen and oxygen atoms in total. The third-order valence-electron chi connectivity index (χ3n) is 1.71. The first-order chi connectivity index (χ1) is 3.88. The minimum absolute atomic E-state index is 0.0718. The normalized spacial score (nSPS) is 42.8. The Bertz CT molecular complexity index is 134. The van der Waals surface area contributed by atoms with Crippen molar-refractivity contribution >= 4 is 5.91 Å². The van der Waals surface area contributed by atoms with Crippen LogP contribution in [-0.2, 0) is 9.53 Å². The first kappa shape index (κ1) is 4.32. The fourth-order valence-corrected chi connectivity index (χ4v) is 1.15. The van der Waals surface area contributed by atoms with Crippen molar-refractivity contribution in [3.05, 3.63) is 0 Å². The van der Waals surface area contributed by atoms with E-state index in [0.29, 0.717) is 0 Å². The SMILES string of the molecule is O=C1NC2OCCC12. The van der Waals surface area contributed by atoms with Crippen molar-refractivity contribution in [2.45, 2.75) is 12.6 Å². The van der Waals surface area contributed by atoms with E-state index in [1.807, 2.05) is 0 Å². The van der Waals surface area contributed by atoms with Crippen LogP contribution in [0.15, 0.2) is 0 Å². The van der Waals surface area contributed by atoms with Crippen LogP contribution in [0.1, 0.15) is 6.42 Å². The average Bonchev–Trinajstić information content (AvgIpc) is 2.09. The number of hydrogen-bond donors (Lipinski definition) is 1. The number of hydrogen-bond acceptors (Lipinski definition) is 2. The van der Waals surface area contributed by atoms with E-state index in [1.165, 1.54) is 0 Å². The standard InChI is InChI=1S/C5H7NO2/c7-4-3-1-2-8-5(3)6-4/h3,5H,1-2H2,(H,6,7). The molecule has 0 spiro atoms. The van der Waals surface area contributed by atoms with Crippen LogP contribution in [0, 0.1) is 5.92 Å². The summed E-state index contributed by atoms with van der Waals surface area (Å²) in [4.78, 5) is 10.5. The lowest BCUT2D eigenvalue weighted by Gasteiger charge is -2.28. The maximum atomic E-state index is 10.5. The highest BCUT2D eigenvalue weighted by molar-refractivity contribution is 5.85. The first-order valence-electron chi connectivity index (χ1n) is 2.80. The Morgan fingerprint density at radius 3 is 3.12 bits per heavy atom. The fraction of sp³-hybridized carbons (Fsp3) is 0.800. The molecule has 2 aliphatic heterocycles. The van der Waals surface area contributed by atoms with E-state index in [-0.39, 0.29) is 18.1 Å². The maximum absolute atomic E-state index is 10.5. The second kappa shape index (κ2) is 1.23. The highest BCUT2D eigenvalue weighted by atomic mass is 16.5. The lowest BCUT2D eigenvalue weighted by atomic mass is 9.99.